The number of esters is 1. The molecular weight excluding hydrogens is 282 g/mol. The summed E-state index contributed by atoms with van der Waals surface area (Å²) in [6, 6.07) is 3.47. The molecule has 0 saturated carbocycles. The van der Waals surface area contributed by atoms with Gasteiger partial charge in [-0.15, -0.1) is 0 Å². The highest BCUT2D eigenvalue weighted by Crippen LogP contribution is 2.22. The minimum Gasteiger partial charge on any atom is -0.452 e. The number of nitrogens with zero attached hydrogens (tertiary/aromatic N) is 2. The molecule has 1 aromatic rings. The molecule has 1 N–H and O–H groups in total. The number of carbonyl (C=O) groups is 2. The van der Waals surface area contributed by atoms with Gasteiger partial charge >= 0.3 is 5.97 Å². The second-order valence-corrected chi connectivity index (χ2v) is 5.52. The van der Waals surface area contributed by atoms with Crippen LogP contribution in [0.1, 0.15) is 43.5 Å². The molecule has 120 valence electrons. The van der Waals surface area contributed by atoms with E-state index in [9.17, 15) is 9.59 Å². The van der Waals surface area contributed by atoms with Crippen molar-refractivity contribution in [3.05, 3.63) is 23.9 Å². The van der Waals surface area contributed by atoms with E-state index in [1.807, 2.05) is 13.8 Å². The minimum absolute atomic E-state index is 0.0738. The van der Waals surface area contributed by atoms with Crippen molar-refractivity contribution in [3.8, 4) is 0 Å². The Labute approximate surface area is 130 Å². The largest absolute Gasteiger partial charge is 0.452 e. The summed E-state index contributed by atoms with van der Waals surface area (Å²) >= 11 is 0. The number of nitrogens with one attached hydrogen (secondary N) is 1. The number of anilines is 1. The maximum absolute atomic E-state index is 12.2. The molecule has 0 unspecified atom stereocenters. The highest BCUT2D eigenvalue weighted by atomic mass is 16.5. The van der Waals surface area contributed by atoms with E-state index in [1.54, 1.807) is 18.3 Å². The smallest absolute Gasteiger partial charge is 0.342 e. The van der Waals surface area contributed by atoms with E-state index in [-0.39, 0.29) is 18.6 Å². The number of hydrogen-bond acceptors (Lipinski definition) is 5. The fourth-order valence-corrected chi connectivity index (χ4v) is 2.36. The van der Waals surface area contributed by atoms with Crippen LogP contribution in [0, 0.1) is 0 Å². The zero-order chi connectivity index (χ0) is 15.9. The van der Waals surface area contributed by atoms with E-state index in [2.05, 4.69) is 15.2 Å². The molecule has 0 aromatic carbocycles. The zero-order valence-electron chi connectivity index (χ0n) is 13.2. The van der Waals surface area contributed by atoms with Crippen molar-refractivity contribution in [2.45, 2.75) is 39.2 Å². The van der Waals surface area contributed by atoms with Crippen molar-refractivity contribution in [2.24, 2.45) is 0 Å². The van der Waals surface area contributed by atoms with E-state index in [0.717, 1.165) is 32.4 Å². The molecule has 1 saturated heterocycles. The second kappa shape index (κ2) is 7.77. The Hall–Kier alpha value is -2.11. The van der Waals surface area contributed by atoms with Crippen LogP contribution in [0.4, 0.5) is 5.82 Å². The van der Waals surface area contributed by atoms with E-state index in [4.69, 9.17) is 4.74 Å². The van der Waals surface area contributed by atoms with Crippen molar-refractivity contribution in [2.75, 3.05) is 24.6 Å². The predicted molar refractivity (Wildman–Crippen MR) is 83.9 cm³/mol. The van der Waals surface area contributed by atoms with Gasteiger partial charge in [0.2, 0.25) is 0 Å². The molecule has 6 nitrogen and oxygen atoms in total. The molecule has 1 aliphatic heterocycles. The molecule has 0 spiro atoms. The molecule has 22 heavy (non-hydrogen) atoms. The van der Waals surface area contributed by atoms with Gasteiger partial charge in [-0.1, -0.05) is 6.92 Å². The van der Waals surface area contributed by atoms with Gasteiger partial charge in [0, 0.05) is 25.3 Å². The molecule has 0 radical (unpaired) electrons. The topological polar surface area (TPSA) is 71.5 Å². The van der Waals surface area contributed by atoms with Crippen LogP contribution >= 0.6 is 0 Å². The van der Waals surface area contributed by atoms with Gasteiger partial charge in [-0.25, -0.2) is 9.78 Å². The van der Waals surface area contributed by atoms with Gasteiger partial charge < -0.3 is 15.0 Å². The lowest BCUT2D eigenvalue weighted by molar-refractivity contribution is -0.124. The van der Waals surface area contributed by atoms with E-state index < -0.39 is 5.97 Å². The van der Waals surface area contributed by atoms with Crippen LogP contribution in [0.2, 0.25) is 0 Å². The summed E-state index contributed by atoms with van der Waals surface area (Å²) in [6.07, 6.45) is 4.70. The van der Waals surface area contributed by atoms with Gasteiger partial charge in [0.1, 0.15) is 11.4 Å². The van der Waals surface area contributed by atoms with Crippen LogP contribution in [0.3, 0.4) is 0 Å². The van der Waals surface area contributed by atoms with Crippen molar-refractivity contribution >= 4 is 17.7 Å². The van der Waals surface area contributed by atoms with Crippen LogP contribution in [-0.2, 0) is 9.53 Å². The maximum atomic E-state index is 12.2. The lowest BCUT2D eigenvalue weighted by Crippen LogP contribution is -2.35. The number of aromatic nitrogens is 1. The number of rotatable bonds is 6. The van der Waals surface area contributed by atoms with Crippen molar-refractivity contribution in [3.63, 3.8) is 0 Å². The Morgan fingerprint density at radius 1 is 1.41 bits per heavy atom. The Morgan fingerprint density at radius 3 is 2.82 bits per heavy atom. The molecular formula is C16H23N3O3. The van der Waals surface area contributed by atoms with Crippen molar-refractivity contribution in [1.82, 2.24) is 10.3 Å². The van der Waals surface area contributed by atoms with Crippen LogP contribution in [-0.4, -0.2) is 42.6 Å². The molecule has 1 atom stereocenters. The summed E-state index contributed by atoms with van der Waals surface area (Å²) in [7, 11) is 0. The number of amides is 1. The average molecular weight is 305 g/mol. The third-order valence-electron chi connectivity index (χ3n) is 3.77. The van der Waals surface area contributed by atoms with Crippen LogP contribution in [0.25, 0.3) is 0 Å². The Balaban J connectivity index is 1.96. The number of ether oxygens (including phenoxy) is 1. The monoisotopic (exact) mass is 305 g/mol. The lowest BCUT2D eigenvalue weighted by atomic mass is 10.2. The lowest BCUT2D eigenvalue weighted by Gasteiger charge is -2.19. The van der Waals surface area contributed by atoms with E-state index in [0.29, 0.717) is 11.4 Å². The summed E-state index contributed by atoms with van der Waals surface area (Å²) in [6.45, 7) is 5.41. The summed E-state index contributed by atoms with van der Waals surface area (Å²) < 4.78 is 5.12. The molecule has 1 amide bonds. The van der Waals surface area contributed by atoms with Crippen molar-refractivity contribution < 1.29 is 14.3 Å². The second-order valence-electron chi connectivity index (χ2n) is 5.52. The molecule has 1 aromatic heterocycles. The Kier molecular flexibility index (Phi) is 5.75. The maximum Gasteiger partial charge on any atom is 0.342 e. The first-order valence-electron chi connectivity index (χ1n) is 7.78. The molecule has 1 aliphatic rings. The Bertz CT molecular complexity index is 527. The summed E-state index contributed by atoms with van der Waals surface area (Å²) in [5, 5.41) is 2.76. The van der Waals surface area contributed by atoms with Crippen LogP contribution < -0.4 is 10.2 Å². The first-order valence-corrected chi connectivity index (χ1v) is 7.78. The molecule has 2 heterocycles. The fourth-order valence-electron chi connectivity index (χ4n) is 2.36. The van der Waals surface area contributed by atoms with Gasteiger partial charge in [0.15, 0.2) is 6.61 Å². The van der Waals surface area contributed by atoms with Gasteiger partial charge in [0.05, 0.1) is 0 Å². The summed E-state index contributed by atoms with van der Waals surface area (Å²) in [4.78, 5) is 30.3. The fraction of sp³-hybridized carbons (Fsp3) is 0.562. The minimum atomic E-state index is -0.505. The first-order chi connectivity index (χ1) is 10.6. The Morgan fingerprint density at radius 2 is 2.14 bits per heavy atom. The molecule has 1 fully saturated rings. The predicted octanol–water partition coefficient (Wildman–Crippen LogP) is 1.75. The number of pyridine rings is 1. The zero-order valence-corrected chi connectivity index (χ0v) is 13.2. The molecule has 0 bridgehead atoms. The normalized spacial score (nSPS) is 15.5. The summed E-state index contributed by atoms with van der Waals surface area (Å²) in [5.74, 6) is -0.143. The standard InChI is InChI=1S/C16H23N3O3/c1-3-12(2)18-14(20)11-22-16(21)13-7-6-8-17-15(13)19-9-4-5-10-19/h6-8,12H,3-5,9-11H2,1-2H3,(H,18,20)/t12-/m0/s1. The average Bonchev–Trinajstić information content (AvgIpc) is 3.06. The number of hydrogen-bond donors (Lipinski definition) is 1. The van der Waals surface area contributed by atoms with E-state index in [1.165, 1.54) is 0 Å². The van der Waals surface area contributed by atoms with Gasteiger partial charge in [-0.2, -0.15) is 0 Å². The molecule has 0 aliphatic carbocycles. The highest BCUT2D eigenvalue weighted by molar-refractivity contribution is 5.96. The van der Waals surface area contributed by atoms with Crippen LogP contribution in [0.15, 0.2) is 18.3 Å². The quantitative estimate of drug-likeness (QED) is 0.811. The molecule has 6 heteroatoms. The van der Waals surface area contributed by atoms with Gasteiger partial charge in [-0.3, -0.25) is 4.79 Å². The van der Waals surface area contributed by atoms with Gasteiger partial charge in [-0.05, 0) is 38.3 Å². The molecule has 2 rings (SSSR count). The SMILES string of the molecule is CC[C@H](C)NC(=O)COC(=O)c1cccnc1N1CCCC1. The third-order valence-corrected chi connectivity index (χ3v) is 3.77. The summed E-state index contributed by atoms with van der Waals surface area (Å²) in [5.41, 5.74) is 0.417. The highest BCUT2D eigenvalue weighted by Gasteiger charge is 2.22. The van der Waals surface area contributed by atoms with E-state index >= 15 is 0 Å². The van der Waals surface area contributed by atoms with Crippen LogP contribution in [0.5, 0.6) is 0 Å². The third kappa shape index (κ3) is 4.19. The number of carbonyl (C=O) groups excluding carboxylic acids is 2. The first kappa shape index (κ1) is 16.3. The van der Waals surface area contributed by atoms with Gasteiger partial charge in [0.25, 0.3) is 5.91 Å². The van der Waals surface area contributed by atoms with Crippen molar-refractivity contribution in [1.29, 1.82) is 0 Å².